The highest BCUT2D eigenvalue weighted by molar-refractivity contribution is 6.96. The normalized spacial score (nSPS) is 15.2. The quantitative estimate of drug-likeness (QED) is 0.0341. The second kappa shape index (κ2) is 38.2. The molecule has 0 fully saturated rings. The molecule has 0 aliphatic rings. The molecule has 0 unspecified atom stereocenters. The number of ether oxygens (including phenoxy) is 2. The van der Waals surface area contributed by atoms with E-state index in [0.717, 1.165) is 49.1 Å². The van der Waals surface area contributed by atoms with Gasteiger partial charge in [-0.3, -0.25) is 4.79 Å². The van der Waals surface area contributed by atoms with Gasteiger partial charge in [0.1, 0.15) is 11.5 Å². The van der Waals surface area contributed by atoms with E-state index in [4.69, 9.17) is 91.8 Å². The Morgan fingerprint density at radius 3 is 0.551 bits per heavy atom. The fourth-order valence-electron chi connectivity index (χ4n) is 15.8. The van der Waals surface area contributed by atoms with Gasteiger partial charge in [0.15, 0.2) is 16.6 Å². The highest BCUT2D eigenvalue weighted by Gasteiger charge is 2.55. The van der Waals surface area contributed by atoms with Gasteiger partial charge in [-0.15, -0.1) is 0 Å². The summed E-state index contributed by atoms with van der Waals surface area (Å²) in [4.78, 5) is 11.7. The van der Waals surface area contributed by atoms with Gasteiger partial charge in [0.05, 0.1) is 7.11 Å². The molecule has 2 aromatic rings. The van der Waals surface area contributed by atoms with Crippen molar-refractivity contribution in [2.24, 2.45) is 0 Å². The first-order valence-electron chi connectivity index (χ1n) is 38.0. The maximum atomic E-state index is 11.7. The number of hydrogen-bond donors (Lipinski definition) is 0. The molecule has 107 heavy (non-hydrogen) atoms. The topological polar surface area (TPSA) is 220 Å². The molecule has 0 amide bonds. The van der Waals surface area contributed by atoms with Crippen LogP contribution in [-0.4, -0.2) is 192 Å². The Bertz CT molecular complexity index is 3150. The van der Waals surface area contributed by atoms with Crippen LogP contribution in [0.3, 0.4) is 0 Å². The van der Waals surface area contributed by atoms with Gasteiger partial charge in [0, 0.05) is 6.92 Å². The molecular formula is C63H152O23Si21. The van der Waals surface area contributed by atoms with E-state index in [0.29, 0.717) is 5.75 Å². The van der Waals surface area contributed by atoms with Crippen molar-refractivity contribution in [2.45, 2.75) is 320 Å². The Labute approximate surface area is 674 Å². The van der Waals surface area contributed by atoms with Gasteiger partial charge in [0.2, 0.25) is 0 Å². The van der Waals surface area contributed by atoms with Crippen molar-refractivity contribution in [2.75, 3.05) is 7.11 Å². The van der Waals surface area contributed by atoms with Gasteiger partial charge in [-0.05, 0) is 336 Å². The van der Waals surface area contributed by atoms with Crippen LogP contribution in [0.15, 0.2) is 48.5 Å². The van der Waals surface area contributed by atoms with Crippen LogP contribution < -0.4 is 9.47 Å². The second-order valence-electron chi connectivity index (χ2n) is 37.9. The van der Waals surface area contributed by atoms with Gasteiger partial charge in [-0.2, -0.15) is 0 Å². The zero-order chi connectivity index (χ0) is 83.8. The molecule has 23 nitrogen and oxygen atoms in total. The van der Waals surface area contributed by atoms with Crippen molar-refractivity contribution in [3.8, 4) is 11.5 Å². The minimum Gasteiger partial charge on any atom is -0.496 e. The van der Waals surface area contributed by atoms with Crippen molar-refractivity contribution < 1.29 is 96.6 Å². The van der Waals surface area contributed by atoms with E-state index in [9.17, 15) is 4.79 Å². The molecule has 0 radical (unpaired) electrons. The van der Waals surface area contributed by atoms with Crippen molar-refractivity contribution in [3.05, 3.63) is 59.7 Å². The maximum Gasteiger partial charge on any atom is 0.314 e. The number of carbonyl (C=O) groups is 1. The number of methoxy groups -OCH3 is 1. The molecule has 0 aliphatic heterocycles. The lowest BCUT2D eigenvalue weighted by Gasteiger charge is -2.45. The molecule has 0 atom stereocenters. The first-order chi connectivity index (χ1) is 47.1. The van der Waals surface area contributed by atoms with Crippen molar-refractivity contribution in [3.63, 3.8) is 0 Å². The highest BCUT2D eigenvalue weighted by atomic mass is 28.6. The molecule has 0 bridgehead atoms. The summed E-state index contributed by atoms with van der Waals surface area (Å²) in [6, 6.07) is 17.9. The molecule has 0 aliphatic carbocycles. The lowest BCUT2D eigenvalue weighted by Crippen LogP contribution is -2.63. The summed E-state index contributed by atoms with van der Waals surface area (Å²) in [6.45, 7) is 89.2. The summed E-state index contributed by atoms with van der Waals surface area (Å²) in [5.74, 6) is 1.23. The average Bonchev–Trinajstić information content (AvgIpc) is 0.805. The van der Waals surface area contributed by atoms with Crippen LogP contribution in [0.25, 0.3) is 0 Å². The van der Waals surface area contributed by atoms with Gasteiger partial charge >= 0.3 is 169 Å². The van der Waals surface area contributed by atoms with Crippen LogP contribution in [0.2, 0.25) is 287 Å². The molecular weight excluding hydrogens is 1710 g/mol. The fourth-order valence-corrected chi connectivity index (χ4v) is 125. The van der Waals surface area contributed by atoms with E-state index >= 15 is 0 Å². The van der Waals surface area contributed by atoms with Crippen molar-refractivity contribution >= 4 is 185 Å². The molecule has 0 saturated heterocycles. The molecule has 2 rings (SSSR count). The molecule has 0 heterocycles. The lowest BCUT2D eigenvalue weighted by molar-refractivity contribution is -0.132. The third-order valence-electron chi connectivity index (χ3n) is 14.8. The number of carbonyl (C=O) groups excluding carboxylic acids is 1. The maximum absolute atomic E-state index is 11.7. The van der Waals surface area contributed by atoms with E-state index in [2.05, 4.69) is 287 Å². The Morgan fingerprint density at radius 2 is 0.383 bits per heavy atom. The number of esters is 1. The summed E-state index contributed by atoms with van der Waals surface area (Å²) in [5.41, 5.74) is 2.24. The van der Waals surface area contributed by atoms with Gasteiger partial charge < -0.3 is 91.8 Å². The third-order valence-corrected chi connectivity index (χ3v) is 97.0. The minimum atomic E-state index is -2.91. The predicted octanol–water partition coefficient (Wildman–Crippen LogP) is 20.3. The molecule has 0 saturated carbocycles. The average molecular weight is 1870 g/mol. The minimum absolute atomic E-state index is 0.322. The van der Waals surface area contributed by atoms with Crippen LogP contribution in [0.1, 0.15) is 30.9 Å². The second-order valence-corrected chi connectivity index (χ2v) is 115. The highest BCUT2D eigenvalue weighted by Crippen LogP contribution is 2.37. The van der Waals surface area contributed by atoms with Gasteiger partial charge in [0.25, 0.3) is 0 Å². The number of rotatable bonds is 50. The molecule has 0 aromatic heterocycles. The van der Waals surface area contributed by atoms with E-state index in [-0.39, 0.29) is 5.97 Å². The fraction of sp³-hybridized carbons (Fsp3) is 0.794. The standard InChI is InChI=1S/C63H152O23Si21/c1-59(64)66-63-56-48-46-52-61(63)54-50-58-88(5,6)68-90(9,10)70-92(13,14)72-94(17,18)74-96(21,22)76-98(25,26)78-100(29,30)80-102(33,34)82-104(37,38)84-106(41,42)86-107(43,44)85-105(39,40)83-103(35,36)81-101(31,32)79-99(27,28)77-97(23,24)75-95(19,20)73-93(15,16)71-91(11,12)69-89(7,8)67-87(3,4)57-49-53-60-51-45-47-55-62(60)65-2/h45-48,51-52,55-56H,49-50,53-54,57-58H2,1-44H3. The predicted molar refractivity (Wildman–Crippen MR) is 486 cm³/mol. The van der Waals surface area contributed by atoms with Crippen LogP contribution >= 0.6 is 0 Å². The number of aryl methyl sites for hydroxylation is 2. The Morgan fingerprint density at radius 1 is 0.234 bits per heavy atom. The summed E-state index contributed by atoms with van der Waals surface area (Å²) in [5, 5.41) is 0. The molecule has 2 aromatic carbocycles. The van der Waals surface area contributed by atoms with Gasteiger partial charge in [-0.25, -0.2) is 0 Å². The van der Waals surface area contributed by atoms with Crippen LogP contribution in [0.4, 0.5) is 0 Å². The Hall–Kier alpha value is 1.46. The number of hydrogen-bond acceptors (Lipinski definition) is 23. The van der Waals surface area contributed by atoms with E-state index < -0.39 is 179 Å². The van der Waals surface area contributed by atoms with E-state index in [1.54, 1.807) is 7.11 Å². The van der Waals surface area contributed by atoms with Crippen molar-refractivity contribution in [1.29, 1.82) is 0 Å². The Balaban J connectivity index is 2.02. The lowest BCUT2D eigenvalue weighted by atomic mass is 10.1. The summed E-state index contributed by atoms with van der Waals surface area (Å²) >= 11 is 0. The molecule has 0 spiro atoms. The molecule has 44 heteroatoms. The van der Waals surface area contributed by atoms with Crippen LogP contribution in [0, 0.1) is 0 Å². The largest absolute Gasteiger partial charge is 0.496 e. The third kappa shape index (κ3) is 44.7. The van der Waals surface area contributed by atoms with Crippen LogP contribution in [-0.2, 0) is 99.9 Å². The SMILES string of the molecule is COc1ccccc1CCC[Si](C)(C)O[Si](C)(C)O[Si](C)(C)O[Si](C)(C)O[Si](C)(C)O[Si](C)(C)O[Si](C)(C)O[Si](C)(C)O[Si](C)(C)O[Si](C)(C)O[Si](C)(C)O[Si](C)(C)O[Si](C)(C)O[Si](C)(C)O[Si](C)(C)O[Si](C)(C)O[Si](C)(C)O[Si](C)(C)O[Si](C)(C)O[Si](C)(C)O[Si](C)(C)CCCc1ccccc1OC(C)=O. The zero-order valence-corrected chi connectivity index (χ0v) is 96.3. The Kier molecular flexibility index (Phi) is 37.4. The zero-order valence-electron chi connectivity index (χ0n) is 75.3. The molecule has 0 N–H and O–H groups in total. The van der Waals surface area contributed by atoms with Crippen molar-refractivity contribution in [1.82, 2.24) is 0 Å². The molecule has 626 valence electrons. The first kappa shape index (κ1) is 105. The van der Waals surface area contributed by atoms with E-state index in [1.807, 2.05) is 36.4 Å². The summed E-state index contributed by atoms with van der Waals surface area (Å²) < 4.78 is 150. The van der Waals surface area contributed by atoms with Gasteiger partial charge in [-0.1, -0.05) is 36.4 Å². The van der Waals surface area contributed by atoms with E-state index in [1.165, 1.54) is 12.5 Å². The first-order valence-corrected chi connectivity index (χ1v) is 97.7. The summed E-state index contributed by atoms with van der Waals surface area (Å²) in [7, 11) is -56.4. The monoisotopic (exact) mass is 1860 g/mol. The smallest absolute Gasteiger partial charge is 0.314 e. The van der Waals surface area contributed by atoms with Crippen LogP contribution in [0.5, 0.6) is 11.5 Å². The number of para-hydroxylation sites is 2. The summed E-state index contributed by atoms with van der Waals surface area (Å²) in [6.07, 6.45) is 3.65. The number of benzene rings is 2.